The Morgan fingerprint density at radius 3 is 2.74 bits per heavy atom. The van der Waals surface area contributed by atoms with Crippen molar-refractivity contribution in [1.82, 2.24) is 29.9 Å². The van der Waals surface area contributed by atoms with Crippen molar-refractivity contribution >= 4 is 41.5 Å². The highest BCUT2D eigenvalue weighted by molar-refractivity contribution is 14.0. The van der Waals surface area contributed by atoms with Crippen molar-refractivity contribution in [3.8, 4) is 0 Å². The van der Waals surface area contributed by atoms with E-state index in [0.717, 1.165) is 74.0 Å². The summed E-state index contributed by atoms with van der Waals surface area (Å²) in [4.78, 5) is 9.37. The first-order valence-corrected chi connectivity index (χ1v) is 10.8. The standard InChI is InChI=1S/C21H32ClN7O.HI/c1-17-25-26-20(28(17)3)15-24-21(23-8-5-9-29-10-12-30-13-11-29)27(2)16-18-6-4-7-19(22)14-18;/h4,6-7,14H,5,8-13,15-16H2,1-3H3,(H,23,24);1H. The SMILES string of the molecule is Cc1nnc(CN=C(NCCCN2CCOCC2)N(C)Cc2cccc(Cl)c2)n1C.I. The van der Waals surface area contributed by atoms with Gasteiger partial charge in [-0.2, -0.15) is 0 Å². The number of ether oxygens (including phenoxy) is 1. The number of hydrogen-bond donors (Lipinski definition) is 1. The molecule has 0 aliphatic carbocycles. The predicted molar refractivity (Wildman–Crippen MR) is 135 cm³/mol. The molecular weight excluding hydrogens is 529 g/mol. The van der Waals surface area contributed by atoms with Crippen LogP contribution >= 0.6 is 35.6 Å². The zero-order valence-corrected chi connectivity index (χ0v) is 21.6. The van der Waals surface area contributed by atoms with Crippen molar-refractivity contribution in [3.63, 3.8) is 0 Å². The first-order valence-electron chi connectivity index (χ1n) is 10.4. The second-order valence-electron chi connectivity index (χ2n) is 7.58. The summed E-state index contributed by atoms with van der Waals surface area (Å²) in [7, 11) is 4.00. The van der Waals surface area contributed by atoms with Crippen LogP contribution in [-0.2, 0) is 24.9 Å². The highest BCUT2D eigenvalue weighted by atomic mass is 127. The van der Waals surface area contributed by atoms with Crippen LogP contribution in [0.25, 0.3) is 0 Å². The molecule has 8 nitrogen and oxygen atoms in total. The summed E-state index contributed by atoms with van der Waals surface area (Å²) in [5.74, 6) is 2.57. The van der Waals surface area contributed by atoms with Gasteiger partial charge in [-0.05, 0) is 37.6 Å². The van der Waals surface area contributed by atoms with Crippen LogP contribution in [0.2, 0.25) is 5.02 Å². The smallest absolute Gasteiger partial charge is 0.194 e. The summed E-state index contributed by atoms with van der Waals surface area (Å²) in [6.07, 6.45) is 1.05. The van der Waals surface area contributed by atoms with Gasteiger partial charge in [-0.25, -0.2) is 4.99 Å². The van der Waals surface area contributed by atoms with E-state index in [0.29, 0.717) is 13.1 Å². The Morgan fingerprint density at radius 1 is 1.29 bits per heavy atom. The minimum atomic E-state index is 0. The van der Waals surface area contributed by atoms with Crippen LogP contribution in [0.4, 0.5) is 0 Å². The zero-order valence-electron chi connectivity index (χ0n) is 18.6. The Labute approximate surface area is 207 Å². The molecule has 1 fully saturated rings. The summed E-state index contributed by atoms with van der Waals surface area (Å²) in [5.41, 5.74) is 1.14. The number of aromatic nitrogens is 3. The number of nitrogens with one attached hydrogen (secondary N) is 1. The lowest BCUT2D eigenvalue weighted by Crippen LogP contribution is -2.41. The first kappa shape index (κ1) is 25.8. The molecule has 1 saturated heterocycles. The van der Waals surface area contributed by atoms with Crippen LogP contribution in [-0.4, -0.2) is 77.0 Å². The Bertz CT molecular complexity index is 839. The van der Waals surface area contributed by atoms with Gasteiger partial charge in [-0.1, -0.05) is 23.7 Å². The third kappa shape index (κ3) is 8.21. The van der Waals surface area contributed by atoms with E-state index in [1.165, 1.54) is 0 Å². The minimum absolute atomic E-state index is 0. The van der Waals surface area contributed by atoms with Crippen molar-refractivity contribution in [2.45, 2.75) is 26.4 Å². The van der Waals surface area contributed by atoms with Crippen LogP contribution in [0.3, 0.4) is 0 Å². The molecule has 3 rings (SSSR count). The molecule has 10 heteroatoms. The minimum Gasteiger partial charge on any atom is -0.379 e. The Morgan fingerprint density at radius 2 is 2.06 bits per heavy atom. The molecule has 2 heterocycles. The number of guanidine groups is 1. The van der Waals surface area contributed by atoms with E-state index in [-0.39, 0.29) is 24.0 Å². The molecule has 1 aromatic carbocycles. The summed E-state index contributed by atoms with van der Waals surface area (Å²) in [6, 6.07) is 7.92. The summed E-state index contributed by atoms with van der Waals surface area (Å²) in [5, 5.41) is 12.6. The molecule has 0 spiro atoms. The highest BCUT2D eigenvalue weighted by Gasteiger charge is 2.12. The summed E-state index contributed by atoms with van der Waals surface area (Å²) < 4.78 is 7.39. The maximum absolute atomic E-state index is 6.15. The van der Waals surface area contributed by atoms with Crippen LogP contribution in [0.15, 0.2) is 29.3 Å². The average molecular weight is 562 g/mol. The molecule has 0 amide bonds. The summed E-state index contributed by atoms with van der Waals surface area (Å²) >= 11 is 6.15. The first-order chi connectivity index (χ1) is 14.5. The van der Waals surface area contributed by atoms with Crippen LogP contribution in [0.5, 0.6) is 0 Å². The lowest BCUT2D eigenvalue weighted by Gasteiger charge is -2.27. The number of aliphatic imine (C=N–C) groups is 1. The quantitative estimate of drug-likeness (QED) is 0.231. The Kier molecular flexibility index (Phi) is 11.0. The van der Waals surface area contributed by atoms with Gasteiger partial charge in [0.05, 0.1) is 13.2 Å². The number of hydrogen-bond acceptors (Lipinski definition) is 5. The average Bonchev–Trinajstić information content (AvgIpc) is 3.06. The predicted octanol–water partition coefficient (Wildman–Crippen LogP) is 2.69. The third-order valence-electron chi connectivity index (χ3n) is 5.26. The van der Waals surface area contributed by atoms with E-state index in [1.807, 2.05) is 43.8 Å². The van der Waals surface area contributed by atoms with Gasteiger partial charge in [0.15, 0.2) is 11.8 Å². The summed E-state index contributed by atoms with van der Waals surface area (Å²) in [6.45, 7) is 8.74. The van der Waals surface area contributed by atoms with Gasteiger partial charge < -0.3 is 19.5 Å². The van der Waals surface area contributed by atoms with Crippen LogP contribution in [0, 0.1) is 6.92 Å². The Balaban J connectivity index is 0.00000341. The normalized spacial score (nSPS) is 14.9. The molecule has 0 unspecified atom stereocenters. The lowest BCUT2D eigenvalue weighted by molar-refractivity contribution is 0.0375. The molecule has 0 radical (unpaired) electrons. The van der Waals surface area contributed by atoms with E-state index in [1.54, 1.807) is 0 Å². The molecule has 1 aliphatic heterocycles. The molecule has 0 saturated carbocycles. The highest BCUT2D eigenvalue weighted by Crippen LogP contribution is 2.12. The number of aryl methyl sites for hydroxylation is 1. The number of morpholine rings is 1. The number of nitrogens with zero attached hydrogens (tertiary/aromatic N) is 6. The fraction of sp³-hybridized carbons (Fsp3) is 0.571. The van der Waals surface area contributed by atoms with Gasteiger partial charge in [0.25, 0.3) is 0 Å². The van der Waals surface area contributed by atoms with E-state index in [9.17, 15) is 0 Å². The fourth-order valence-corrected chi connectivity index (χ4v) is 3.57. The number of halogens is 2. The molecule has 0 atom stereocenters. The maximum Gasteiger partial charge on any atom is 0.194 e. The van der Waals surface area contributed by atoms with E-state index in [2.05, 4.69) is 31.4 Å². The van der Waals surface area contributed by atoms with E-state index < -0.39 is 0 Å². The van der Waals surface area contributed by atoms with Gasteiger partial charge in [0, 0.05) is 45.3 Å². The lowest BCUT2D eigenvalue weighted by atomic mass is 10.2. The molecule has 1 N–H and O–H groups in total. The van der Waals surface area contributed by atoms with Crippen molar-refractivity contribution in [3.05, 3.63) is 46.5 Å². The number of rotatable bonds is 8. The monoisotopic (exact) mass is 561 g/mol. The van der Waals surface area contributed by atoms with E-state index >= 15 is 0 Å². The van der Waals surface area contributed by atoms with Crippen molar-refractivity contribution in [2.75, 3.05) is 46.4 Å². The van der Waals surface area contributed by atoms with Gasteiger partial charge in [0.2, 0.25) is 0 Å². The second kappa shape index (κ2) is 13.2. The molecule has 1 aliphatic rings. The molecule has 172 valence electrons. The van der Waals surface area contributed by atoms with Gasteiger partial charge in [-0.3, -0.25) is 4.90 Å². The van der Waals surface area contributed by atoms with Gasteiger partial charge >= 0.3 is 0 Å². The zero-order chi connectivity index (χ0) is 21.3. The fourth-order valence-electron chi connectivity index (χ4n) is 3.36. The van der Waals surface area contributed by atoms with Gasteiger partial charge in [-0.15, -0.1) is 34.2 Å². The number of benzene rings is 1. The van der Waals surface area contributed by atoms with Crippen molar-refractivity contribution < 1.29 is 4.74 Å². The van der Waals surface area contributed by atoms with E-state index in [4.69, 9.17) is 21.3 Å². The third-order valence-corrected chi connectivity index (χ3v) is 5.50. The van der Waals surface area contributed by atoms with Crippen LogP contribution < -0.4 is 5.32 Å². The van der Waals surface area contributed by atoms with Crippen molar-refractivity contribution in [2.24, 2.45) is 12.0 Å². The maximum atomic E-state index is 6.15. The topological polar surface area (TPSA) is 70.8 Å². The Hall–Kier alpha value is -1.43. The van der Waals surface area contributed by atoms with Crippen LogP contribution in [0.1, 0.15) is 23.6 Å². The largest absolute Gasteiger partial charge is 0.379 e. The molecule has 0 bridgehead atoms. The molecule has 31 heavy (non-hydrogen) atoms. The van der Waals surface area contributed by atoms with Crippen molar-refractivity contribution in [1.29, 1.82) is 0 Å². The molecule has 2 aromatic rings. The molecule has 1 aromatic heterocycles. The molecular formula is C21H33ClIN7O. The van der Waals surface area contributed by atoms with Gasteiger partial charge in [0.1, 0.15) is 12.4 Å². The second-order valence-corrected chi connectivity index (χ2v) is 8.02.